The van der Waals surface area contributed by atoms with Gasteiger partial charge >= 0.3 is 0 Å². The molecule has 0 spiro atoms. The fourth-order valence-corrected chi connectivity index (χ4v) is 3.03. The number of hydrogen-bond donors (Lipinski definition) is 1. The largest absolute Gasteiger partial charge is 0.331 e. The summed E-state index contributed by atoms with van der Waals surface area (Å²) < 4.78 is 13.5. The fourth-order valence-electron chi connectivity index (χ4n) is 3.03. The van der Waals surface area contributed by atoms with Crippen molar-refractivity contribution in [2.75, 3.05) is 11.9 Å². The number of halogens is 1. The van der Waals surface area contributed by atoms with Crippen molar-refractivity contribution in [1.29, 1.82) is 0 Å². The normalized spacial score (nSPS) is 16.9. The number of hydrogen-bond acceptors (Lipinski definition) is 3. The molecular formula is C18H18FN3O2. The van der Waals surface area contributed by atoms with E-state index in [4.69, 9.17) is 0 Å². The monoisotopic (exact) mass is 327 g/mol. The van der Waals surface area contributed by atoms with Crippen LogP contribution in [-0.2, 0) is 9.59 Å². The van der Waals surface area contributed by atoms with Gasteiger partial charge in [-0.2, -0.15) is 0 Å². The summed E-state index contributed by atoms with van der Waals surface area (Å²) in [5.41, 5.74) is 1.84. The van der Waals surface area contributed by atoms with Gasteiger partial charge in [-0.3, -0.25) is 14.6 Å². The van der Waals surface area contributed by atoms with E-state index in [0.29, 0.717) is 29.8 Å². The molecule has 1 fully saturated rings. The molecule has 3 rings (SSSR count). The Kier molecular flexibility index (Phi) is 4.55. The first-order valence-corrected chi connectivity index (χ1v) is 7.84. The maximum Gasteiger partial charge on any atom is 0.247 e. The summed E-state index contributed by atoms with van der Waals surface area (Å²) in [4.78, 5) is 29.8. The molecule has 124 valence electrons. The number of likely N-dealkylation sites (tertiary alicyclic amines) is 1. The highest BCUT2D eigenvalue weighted by atomic mass is 19.1. The standard InChI is InChI=1S/C18H18FN3O2/c1-12(23)22-9-3-6-17(22)18(24)21-16-11-20-8-7-15(16)13-4-2-5-14(19)10-13/h2,4-5,7-8,10-11,17H,3,6,9H2,1H3,(H,21,24)/t17-/m0/s1. The molecule has 1 aliphatic rings. The minimum atomic E-state index is -0.469. The summed E-state index contributed by atoms with van der Waals surface area (Å²) in [7, 11) is 0. The molecule has 2 aromatic rings. The Morgan fingerprint density at radius 1 is 1.33 bits per heavy atom. The Balaban J connectivity index is 1.86. The molecule has 0 saturated carbocycles. The number of carbonyl (C=O) groups is 2. The van der Waals surface area contributed by atoms with Gasteiger partial charge in [0.25, 0.3) is 0 Å². The number of amides is 2. The predicted octanol–water partition coefficient (Wildman–Crippen LogP) is 2.84. The van der Waals surface area contributed by atoms with E-state index >= 15 is 0 Å². The highest BCUT2D eigenvalue weighted by molar-refractivity contribution is 6.00. The first-order valence-electron chi connectivity index (χ1n) is 7.84. The lowest BCUT2D eigenvalue weighted by Crippen LogP contribution is -2.42. The predicted molar refractivity (Wildman–Crippen MR) is 88.7 cm³/mol. The maximum absolute atomic E-state index is 13.5. The van der Waals surface area contributed by atoms with E-state index in [1.165, 1.54) is 25.3 Å². The Morgan fingerprint density at radius 2 is 2.17 bits per heavy atom. The van der Waals surface area contributed by atoms with E-state index < -0.39 is 6.04 Å². The van der Waals surface area contributed by atoms with Crippen LogP contribution in [0, 0.1) is 5.82 Å². The Labute approximate surface area is 139 Å². The smallest absolute Gasteiger partial charge is 0.247 e. The summed E-state index contributed by atoms with van der Waals surface area (Å²) in [5.74, 6) is -0.697. The van der Waals surface area contributed by atoms with Crippen LogP contribution in [0.3, 0.4) is 0 Å². The zero-order chi connectivity index (χ0) is 17.1. The van der Waals surface area contributed by atoms with Gasteiger partial charge < -0.3 is 10.2 Å². The summed E-state index contributed by atoms with van der Waals surface area (Å²) in [6.07, 6.45) is 4.57. The number of benzene rings is 1. The molecule has 0 unspecified atom stereocenters. The van der Waals surface area contributed by atoms with Crippen LogP contribution in [0.2, 0.25) is 0 Å². The molecule has 2 heterocycles. The van der Waals surface area contributed by atoms with Crippen LogP contribution >= 0.6 is 0 Å². The van der Waals surface area contributed by atoms with Crippen LogP contribution in [0.15, 0.2) is 42.7 Å². The van der Waals surface area contributed by atoms with Gasteiger partial charge in [-0.25, -0.2) is 4.39 Å². The second kappa shape index (κ2) is 6.78. The lowest BCUT2D eigenvalue weighted by atomic mass is 10.0. The van der Waals surface area contributed by atoms with Crippen molar-refractivity contribution in [2.45, 2.75) is 25.8 Å². The SMILES string of the molecule is CC(=O)N1CCC[C@H]1C(=O)Nc1cnccc1-c1cccc(F)c1. The van der Waals surface area contributed by atoms with Crippen LogP contribution in [0.4, 0.5) is 10.1 Å². The van der Waals surface area contributed by atoms with Crippen LogP contribution in [0.25, 0.3) is 11.1 Å². The van der Waals surface area contributed by atoms with Crippen LogP contribution in [0.1, 0.15) is 19.8 Å². The average Bonchev–Trinajstić information content (AvgIpc) is 3.05. The van der Waals surface area contributed by atoms with E-state index in [-0.39, 0.29) is 17.6 Å². The number of aromatic nitrogens is 1. The Bertz CT molecular complexity index is 778. The number of nitrogens with one attached hydrogen (secondary N) is 1. The minimum Gasteiger partial charge on any atom is -0.331 e. The van der Waals surface area contributed by atoms with Gasteiger partial charge in [0.05, 0.1) is 11.9 Å². The third-order valence-corrected chi connectivity index (χ3v) is 4.17. The number of nitrogens with zero attached hydrogens (tertiary/aromatic N) is 2. The zero-order valence-corrected chi connectivity index (χ0v) is 13.3. The van der Waals surface area contributed by atoms with Crippen molar-refractivity contribution >= 4 is 17.5 Å². The number of carbonyl (C=O) groups excluding carboxylic acids is 2. The van der Waals surface area contributed by atoms with Crippen molar-refractivity contribution < 1.29 is 14.0 Å². The van der Waals surface area contributed by atoms with Crippen molar-refractivity contribution in [2.24, 2.45) is 0 Å². The third-order valence-electron chi connectivity index (χ3n) is 4.17. The quantitative estimate of drug-likeness (QED) is 0.943. The number of anilines is 1. The molecule has 1 aliphatic heterocycles. The van der Waals surface area contributed by atoms with Crippen LogP contribution in [-0.4, -0.2) is 34.3 Å². The lowest BCUT2D eigenvalue weighted by Gasteiger charge is -2.23. The summed E-state index contributed by atoms with van der Waals surface area (Å²) in [6.45, 7) is 2.06. The molecule has 0 aliphatic carbocycles. The molecular weight excluding hydrogens is 309 g/mol. The highest BCUT2D eigenvalue weighted by Gasteiger charge is 2.32. The van der Waals surface area contributed by atoms with Crippen LogP contribution in [0.5, 0.6) is 0 Å². The van der Waals surface area contributed by atoms with Gasteiger partial charge in [0, 0.05) is 25.2 Å². The summed E-state index contributed by atoms with van der Waals surface area (Å²) in [6, 6.07) is 7.41. The summed E-state index contributed by atoms with van der Waals surface area (Å²) >= 11 is 0. The second-order valence-electron chi connectivity index (χ2n) is 5.79. The highest BCUT2D eigenvalue weighted by Crippen LogP contribution is 2.28. The zero-order valence-electron chi connectivity index (χ0n) is 13.3. The lowest BCUT2D eigenvalue weighted by molar-refractivity contribution is -0.134. The van der Waals surface area contributed by atoms with E-state index in [1.54, 1.807) is 29.3 Å². The van der Waals surface area contributed by atoms with Gasteiger partial charge in [-0.05, 0) is 36.6 Å². The molecule has 1 N–H and O–H groups in total. The van der Waals surface area contributed by atoms with Crippen molar-refractivity contribution in [3.8, 4) is 11.1 Å². The van der Waals surface area contributed by atoms with Crippen molar-refractivity contribution in [3.05, 3.63) is 48.5 Å². The molecule has 0 radical (unpaired) electrons. The van der Waals surface area contributed by atoms with Gasteiger partial charge in [-0.15, -0.1) is 0 Å². The first kappa shape index (κ1) is 16.1. The third kappa shape index (κ3) is 3.27. The molecule has 0 bridgehead atoms. The Hall–Kier alpha value is -2.76. The molecule has 24 heavy (non-hydrogen) atoms. The molecule has 1 atom stereocenters. The van der Waals surface area contributed by atoms with E-state index in [0.717, 1.165) is 6.42 Å². The fraction of sp³-hybridized carbons (Fsp3) is 0.278. The second-order valence-corrected chi connectivity index (χ2v) is 5.79. The molecule has 1 aromatic heterocycles. The van der Waals surface area contributed by atoms with Gasteiger partial charge in [0.2, 0.25) is 11.8 Å². The van der Waals surface area contributed by atoms with Crippen molar-refractivity contribution in [1.82, 2.24) is 9.88 Å². The van der Waals surface area contributed by atoms with Crippen molar-refractivity contribution in [3.63, 3.8) is 0 Å². The maximum atomic E-state index is 13.5. The van der Waals surface area contributed by atoms with E-state index in [2.05, 4.69) is 10.3 Å². The molecule has 5 nitrogen and oxygen atoms in total. The minimum absolute atomic E-state index is 0.107. The average molecular weight is 327 g/mol. The van der Waals surface area contributed by atoms with Gasteiger partial charge in [0.1, 0.15) is 11.9 Å². The molecule has 1 saturated heterocycles. The van der Waals surface area contributed by atoms with Gasteiger partial charge in [0.15, 0.2) is 0 Å². The van der Waals surface area contributed by atoms with Gasteiger partial charge in [-0.1, -0.05) is 12.1 Å². The topological polar surface area (TPSA) is 62.3 Å². The molecule has 6 heteroatoms. The number of pyridine rings is 1. The Morgan fingerprint density at radius 3 is 2.92 bits per heavy atom. The summed E-state index contributed by atoms with van der Waals surface area (Å²) in [5, 5.41) is 2.84. The van der Waals surface area contributed by atoms with Crippen LogP contribution < -0.4 is 5.32 Å². The number of rotatable bonds is 3. The molecule has 2 amide bonds. The first-order chi connectivity index (χ1) is 11.6. The van der Waals surface area contributed by atoms with E-state index in [9.17, 15) is 14.0 Å². The molecule has 1 aromatic carbocycles. The van der Waals surface area contributed by atoms with E-state index in [1.807, 2.05) is 0 Å².